The topological polar surface area (TPSA) is 128 Å². The van der Waals surface area contributed by atoms with Gasteiger partial charge < -0.3 is 5.11 Å². The fourth-order valence-corrected chi connectivity index (χ4v) is 10.6. The summed E-state index contributed by atoms with van der Waals surface area (Å²) in [6.07, 6.45) is -7.48. The zero-order valence-electron chi connectivity index (χ0n) is 44.5. The molecule has 0 spiro atoms. The molecular formula is C70H39F6IrN7O2-2. The van der Waals surface area contributed by atoms with Crippen LogP contribution in [0.2, 0.25) is 0 Å². The fourth-order valence-electron chi connectivity index (χ4n) is 10.6. The molecule has 0 unspecified atom stereocenters. The van der Waals surface area contributed by atoms with Crippen LogP contribution in [0, 0.1) is 12.1 Å². The number of nitrogens with zero attached hydrogens (tertiary/aromatic N) is 7. The van der Waals surface area contributed by atoms with Gasteiger partial charge in [0.25, 0.3) is 0 Å². The molecule has 15 aromatic rings. The molecule has 10 aromatic carbocycles. The summed E-state index contributed by atoms with van der Waals surface area (Å²) in [5.41, 5.74) is 8.91. The second-order valence-electron chi connectivity index (χ2n) is 19.7. The Morgan fingerprint density at radius 1 is 0.372 bits per heavy atom. The molecule has 0 bridgehead atoms. The van der Waals surface area contributed by atoms with Crippen molar-refractivity contribution in [2.45, 2.75) is 12.4 Å². The van der Waals surface area contributed by atoms with E-state index < -0.39 is 29.4 Å². The Labute approximate surface area is 499 Å². The molecule has 5 aromatic heterocycles. The maximum atomic E-state index is 13.3. The predicted octanol–water partition coefficient (Wildman–Crippen LogP) is 18.0. The van der Waals surface area contributed by atoms with Crippen molar-refractivity contribution in [2.75, 3.05) is 0 Å². The van der Waals surface area contributed by atoms with Crippen molar-refractivity contribution in [2.24, 2.45) is 0 Å². The summed E-state index contributed by atoms with van der Waals surface area (Å²) < 4.78 is 80.1. The average molecular weight is 1320 g/mol. The van der Waals surface area contributed by atoms with Crippen LogP contribution in [-0.4, -0.2) is 46.0 Å². The number of rotatable bonds is 7. The molecule has 1 N–H and O–H groups in total. The Morgan fingerprint density at radius 2 is 0.686 bits per heavy atom. The van der Waals surface area contributed by atoms with Gasteiger partial charge in [-0.3, -0.25) is 19.9 Å². The van der Waals surface area contributed by atoms with Crippen LogP contribution in [0.1, 0.15) is 21.6 Å². The third-order valence-corrected chi connectivity index (χ3v) is 14.4. The molecule has 15 rings (SSSR count). The van der Waals surface area contributed by atoms with Gasteiger partial charge in [-0.2, -0.15) is 26.3 Å². The Balaban J connectivity index is 0.000000146. The number of carboxylic acids is 1. The van der Waals surface area contributed by atoms with Gasteiger partial charge >= 0.3 is 18.3 Å². The van der Waals surface area contributed by atoms with Gasteiger partial charge in [-0.25, -0.2) is 19.7 Å². The molecule has 0 aliphatic carbocycles. The minimum absolute atomic E-state index is 0. The minimum Gasteiger partial charge on any atom is -0.477 e. The number of pyridine rings is 3. The smallest absolute Gasteiger partial charge is 0.399 e. The molecule has 16 heteroatoms. The first kappa shape index (κ1) is 56.1. The molecular weight excluding hydrogens is 1280 g/mol. The van der Waals surface area contributed by atoms with Gasteiger partial charge in [0.15, 0.2) is 0 Å². The number of halogens is 6. The SMILES string of the molecule is FC(F)(F)c1cc[c-]c(-c2nc3ccc4c(-c5ccccc5)nc(-c5ccccc5)c5ccc(n2)c3c45)c1.FC(F)(F)c1cc[c-]c(-c2nc3ccc4c(-c5ccccc5)nc(-c5ccccc5)c5ccc(n2)c3c45)c1.O=C(O)c1ccccn1.[Ir]. The van der Waals surface area contributed by atoms with Gasteiger partial charge in [0.2, 0.25) is 0 Å². The largest absolute Gasteiger partial charge is 0.477 e. The van der Waals surface area contributed by atoms with Crippen LogP contribution in [0.25, 0.3) is 133 Å². The molecule has 0 atom stereocenters. The van der Waals surface area contributed by atoms with Crippen molar-refractivity contribution in [3.05, 3.63) is 260 Å². The second-order valence-corrected chi connectivity index (χ2v) is 19.7. The molecule has 1 radical (unpaired) electrons. The van der Waals surface area contributed by atoms with Crippen LogP contribution in [-0.2, 0) is 32.5 Å². The standard InChI is InChI=1S/2C32H17F3N3.C6H5NO2.Ir/c2*33-32(34,35)22-13-7-12-21(18-22)31-36-25-16-14-23-27-24(15-17-26(37-31)28(25)27)30(20-10-5-2-6-11-20)38-29(23)19-8-3-1-4-9-19;8-6(9)5-3-1-2-4-7-5;/h2*1-11,13-18H;1-4H,(H,8,9);/q2*-1;;. The Hall–Kier alpha value is -10.4. The van der Waals surface area contributed by atoms with Gasteiger partial charge in [0.1, 0.15) is 5.69 Å². The third-order valence-electron chi connectivity index (χ3n) is 14.4. The first-order chi connectivity index (χ1) is 41.2. The van der Waals surface area contributed by atoms with E-state index in [1.165, 1.54) is 24.4 Å². The van der Waals surface area contributed by atoms with Crippen molar-refractivity contribution >= 4 is 71.1 Å². The number of benzene rings is 10. The first-order valence-corrected chi connectivity index (χ1v) is 26.5. The predicted molar refractivity (Wildman–Crippen MR) is 319 cm³/mol. The van der Waals surface area contributed by atoms with E-state index in [0.717, 1.165) is 112 Å². The van der Waals surface area contributed by atoms with E-state index in [-0.39, 0.29) is 48.6 Å². The number of hydrogen-bond acceptors (Lipinski definition) is 8. The fraction of sp³-hybridized carbons (Fsp3) is 0.0286. The van der Waals surface area contributed by atoms with Gasteiger partial charge in [-0.05, 0) is 47.5 Å². The molecule has 419 valence electrons. The Bertz CT molecular complexity index is 4450. The van der Waals surface area contributed by atoms with Gasteiger partial charge in [0, 0.05) is 91.6 Å². The molecule has 0 saturated heterocycles. The number of aromatic carboxylic acids is 1. The summed E-state index contributed by atoms with van der Waals surface area (Å²) in [5, 5.41) is 15.8. The normalized spacial score (nSPS) is 11.6. The summed E-state index contributed by atoms with van der Waals surface area (Å²) in [7, 11) is 0. The summed E-state index contributed by atoms with van der Waals surface area (Å²) in [5.74, 6) is -0.589. The van der Waals surface area contributed by atoms with E-state index in [1.54, 1.807) is 12.1 Å². The van der Waals surface area contributed by atoms with Crippen LogP contribution in [0.5, 0.6) is 0 Å². The summed E-state index contributed by atoms with van der Waals surface area (Å²) in [6.45, 7) is 0. The van der Waals surface area contributed by atoms with E-state index in [2.05, 4.69) is 17.1 Å². The summed E-state index contributed by atoms with van der Waals surface area (Å²) in [4.78, 5) is 42.8. The molecule has 0 fully saturated rings. The zero-order valence-corrected chi connectivity index (χ0v) is 46.9. The van der Waals surface area contributed by atoms with Crippen LogP contribution < -0.4 is 0 Å². The monoisotopic (exact) mass is 1320 g/mol. The van der Waals surface area contributed by atoms with E-state index in [1.807, 2.05) is 170 Å². The molecule has 0 aliphatic heterocycles. The van der Waals surface area contributed by atoms with Crippen molar-refractivity contribution in [3.63, 3.8) is 0 Å². The Morgan fingerprint density at radius 3 is 0.953 bits per heavy atom. The Kier molecular flexibility index (Phi) is 15.0. The maximum Gasteiger partial charge on any atom is 0.399 e. The van der Waals surface area contributed by atoms with Crippen LogP contribution in [0.15, 0.2) is 231 Å². The molecule has 5 heterocycles. The number of carbonyl (C=O) groups is 1. The molecule has 0 aliphatic rings. The molecule has 9 nitrogen and oxygen atoms in total. The van der Waals surface area contributed by atoms with Crippen LogP contribution >= 0.6 is 0 Å². The number of carboxylic acid groups (broad SMARTS) is 1. The molecule has 86 heavy (non-hydrogen) atoms. The van der Waals surface area contributed by atoms with E-state index in [4.69, 9.17) is 35.0 Å². The maximum absolute atomic E-state index is 13.3. The van der Waals surface area contributed by atoms with E-state index in [0.29, 0.717) is 22.1 Å². The van der Waals surface area contributed by atoms with E-state index in [9.17, 15) is 31.1 Å². The van der Waals surface area contributed by atoms with Gasteiger partial charge in [-0.1, -0.05) is 152 Å². The number of hydrogen-bond donors (Lipinski definition) is 1. The third kappa shape index (κ3) is 10.8. The van der Waals surface area contributed by atoms with Crippen molar-refractivity contribution < 1.29 is 56.3 Å². The summed E-state index contributed by atoms with van der Waals surface area (Å²) in [6, 6.07) is 72.6. The van der Waals surface area contributed by atoms with Crippen LogP contribution in [0.4, 0.5) is 26.3 Å². The molecule has 0 amide bonds. The summed E-state index contributed by atoms with van der Waals surface area (Å²) >= 11 is 0. The zero-order chi connectivity index (χ0) is 58.4. The minimum atomic E-state index is -4.46. The average Bonchev–Trinajstić information content (AvgIpc) is 1.34. The van der Waals surface area contributed by atoms with Gasteiger partial charge in [0.05, 0.1) is 56.5 Å². The quantitative estimate of drug-likeness (QED) is 0.0942. The number of aromatic nitrogens is 7. The van der Waals surface area contributed by atoms with Crippen molar-refractivity contribution in [1.29, 1.82) is 0 Å². The first-order valence-electron chi connectivity index (χ1n) is 26.5. The van der Waals surface area contributed by atoms with Crippen molar-refractivity contribution in [1.82, 2.24) is 34.9 Å². The number of alkyl halides is 6. The van der Waals surface area contributed by atoms with Crippen LogP contribution in [0.3, 0.4) is 0 Å². The van der Waals surface area contributed by atoms with Crippen molar-refractivity contribution in [3.8, 4) is 67.8 Å². The second kappa shape index (κ2) is 23.0. The van der Waals surface area contributed by atoms with Gasteiger partial charge in [-0.15, -0.1) is 59.7 Å². The molecule has 0 saturated carbocycles. The van der Waals surface area contributed by atoms with E-state index >= 15 is 0 Å².